The molecule has 0 fully saturated rings. The molecule has 6 heteroatoms. The highest BCUT2D eigenvalue weighted by atomic mass is 16.3. The fourth-order valence-electron chi connectivity index (χ4n) is 2.37. The summed E-state index contributed by atoms with van der Waals surface area (Å²) in [5, 5.41) is 2.78. The molecule has 122 valence electrons. The first-order valence-electron chi connectivity index (χ1n) is 7.73. The van der Waals surface area contributed by atoms with E-state index in [9.17, 15) is 4.79 Å². The monoisotopic (exact) mass is 322 g/mol. The van der Waals surface area contributed by atoms with Gasteiger partial charge in [-0.3, -0.25) is 4.79 Å². The zero-order valence-corrected chi connectivity index (χ0v) is 13.3. The molecule has 0 bridgehead atoms. The van der Waals surface area contributed by atoms with Crippen LogP contribution in [0.3, 0.4) is 0 Å². The third kappa shape index (κ3) is 3.60. The van der Waals surface area contributed by atoms with Gasteiger partial charge >= 0.3 is 0 Å². The van der Waals surface area contributed by atoms with Crippen LogP contribution < -0.4 is 10.2 Å². The van der Waals surface area contributed by atoms with Crippen LogP contribution in [0.15, 0.2) is 65.5 Å². The minimum absolute atomic E-state index is 0.265. The van der Waals surface area contributed by atoms with Gasteiger partial charge in [0.1, 0.15) is 23.6 Å². The molecule has 0 aliphatic heterocycles. The summed E-state index contributed by atoms with van der Waals surface area (Å²) in [7, 11) is 0. The van der Waals surface area contributed by atoms with Crippen molar-refractivity contribution in [2.24, 2.45) is 0 Å². The topological polar surface area (TPSA) is 71.3 Å². The zero-order valence-electron chi connectivity index (χ0n) is 13.3. The van der Waals surface area contributed by atoms with Crippen molar-refractivity contribution in [1.29, 1.82) is 0 Å². The highest BCUT2D eigenvalue weighted by molar-refractivity contribution is 5.93. The fraction of sp³-hybridized carbons (Fsp3) is 0.167. The predicted octanol–water partition coefficient (Wildman–Crippen LogP) is 3.16. The molecule has 2 heterocycles. The highest BCUT2D eigenvalue weighted by Crippen LogP contribution is 2.22. The second kappa shape index (κ2) is 7.41. The van der Waals surface area contributed by atoms with Crippen molar-refractivity contribution < 1.29 is 9.21 Å². The van der Waals surface area contributed by atoms with Gasteiger partial charge in [-0.2, -0.15) is 0 Å². The van der Waals surface area contributed by atoms with Crippen molar-refractivity contribution in [1.82, 2.24) is 15.3 Å². The van der Waals surface area contributed by atoms with Gasteiger partial charge in [0.25, 0.3) is 5.91 Å². The Balaban J connectivity index is 1.76. The maximum absolute atomic E-state index is 12.3. The lowest BCUT2D eigenvalue weighted by Crippen LogP contribution is -2.25. The standard InChI is InChI=1S/C18H18N4O2/c1-2-22(14-7-4-3-5-8-14)17-11-16(20-13-21-17)18(23)19-12-15-9-6-10-24-15/h3-11,13H,2,12H2,1H3,(H,19,23). The molecular weight excluding hydrogens is 304 g/mol. The van der Waals surface area contributed by atoms with Gasteiger partial charge in [0.15, 0.2) is 0 Å². The first-order chi connectivity index (χ1) is 11.8. The Bertz CT molecular complexity index is 788. The van der Waals surface area contributed by atoms with Crippen LogP contribution in [0.25, 0.3) is 0 Å². The van der Waals surface area contributed by atoms with Crippen LogP contribution in [0.1, 0.15) is 23.2 Å². The van der Waals surface area contributed by atoms with E-state index in [2.05, 4.69) is 15.3 Å². The van der Waals surface area contributed by atoms with Gasteiger partial charge in [0.05, 0.1) is 12.8 Å². The molecule has 1 amide bonds. The molecule has 0 aliphatic carbocycles. The molecule has 1 N–H and O–H groups in total. The number of hydrogen-bond acceptors (Lipinski definition) is 5. The van der Waals surface area contributed by atoms with Gasteiger partial charge in [-0.05, 0) is 31.2 Å². The fourth-order valence-corrected chi connectivity index (χ4v) is 2.37. The smallest absolute Gasteiger partial charge is 0.270 e. The Labute approximate surface area is 140 Å². The lowest BCUT2D eigenvalue weighted by Gasteiger charge is -2.22. The van der Waals surface area contributed by atoms with Crippen molar-refractivity contribution in [2.45, 2.75) is 13.5 Å². The number of anilines is 2. The van der Waals surface area contributed by atoms with Crippen LogP contribution in [0.2, 0.25) is 0 Å². The van der Waals surface area contributed by atoms with E-state index in [1.165, 1.54) is 6.33 Å². The molecule has 0 saturated heterocycles. The van der Waals surface area contributed by atoms with E-state index < -0.39 is 0 Å². The molecule has 0 unspecified atom stereocenters. The molecule has 3 rings (SSSR count). The van der Waals surface area contributed by atoms with Crippen LogP contribution in [0, 0.1) is 0 Å². The molecular formula is C18H18N4O2. The van der Waals surface area contributed by atoms with Crippen molar-refractivity contribution in [3.8, 4) is 0 Å². The summed E-state index contributed by atoms with van der Waals surface area (Å²) < 4.78 is 5.20. The van der Waals surface area contributed by atoms with Gasteiger partial charge in [-0.1, -0.05) is 18.2 Å². The lowest BCUT2D eigenvalue weighted by atomic mass is 10.2. The number of nitrogens with zero attached hydrogens (tertiary/aromatic N) is 3. The minimum atomic E-state index is -0.265. The van der Waals surface area contributed by atoms with Crippen molar-refractivity contribution in [3.63, 3.8) is 0 Å². The molecule has 6 nitrogen and oxygen atoms in total. The molecule has 0 saturated carbocycles. The second-order valence-electron chi connectivity index (χ2n) is 5.10. The van der Waals surface area contributed by atoms with E-state index in [-0.39, 0.29) is 5.91 Å². The predicted molar refractivity (Wildman–Crippen MR) is 91.0 cm³/mol. The number of aromatic nitrogens is 2. The number of rotatable bonds is 6. The van der Waals surface area contributed by atoms with Crippen LogP contribution in [0.4, 0.5) is 11.5 Å². The highest BCUT2D eigenvalue weighted by Gasteiger charge is 2.13. The van der Waals surface area contributed by atoms with Gasteiger partial charge in [0, 0.05) is 18.3 Å². The van der Waals surface area contributed by atoms with Gasteiger partial charge < -0.3 is 14.6 Å². The first-order valence-corrected chi connectivity index (χ1v) is 7.73. The number of carbonyl (C=O) groups excluding carboxylic acids is 1. The molecule has 24 heavy (non-hydrogen) atoms. The SMILES string of the molecule is CCN(c1ccccc1)c1cc(C(=O)NCc2ccco2)ncn1. The summed E-state index contributed by atoms with van der Waals surface area (Å²) in [6.45, 7) is 3.08. The van der Waals surface area contributed by atoms with Crippen molar-refractivity contribution in [3.05, 3.63) is 72.6 Å². The molecule has 2 aromatic heterocycles. The largest absolute Gasteiger partial charge is 0.467 e. The first kappa shape index (κ1) is 15.7. The summed E-state index contributed by atoms with van der Waals surface area (Å²) >= 11 is 0. The average molecular weight is 322 g/mol. The van der Waals surface area contributed by atoms with Crippen LogP contribution in [-0.2, 0) is 6.54 Å². The Hall–Kier alpha value is -3.15. The molecule has 3 aromatic rings. The molecule has 0 radical (unpaired) electrons. The minimum Gasteiger partial charge on any atom is -0.467 e. The van der Waals surface area contributed by atoms with E-state index in [4.69, 9.17) is 4.42 Å². The lowest BCUT2D eigenvalue weighted by molar-refractivity contribution is 0.0943. The number of nitrogens with one attached hydrogen (secondary N) is 1. The third-order valence-corrected chi connectivity index (χ3v) is 3.55. The Morgan fingerprint density at radius 3 is 2.71 bits per heavy atom. The number of amides is 1. The molecule has 1 aromatic carbocycles. The van der Waals surface area contributed by atoms with Crippen molar-refractivity contribution in [2.75, 3.05) is 11.4 Å². The Morgan fingerprint density at radius 1 is 1.17 bits per heavy atom. The zero-order chi connectivity index (χ0) is 16.8. The van der Waals surface area contributed by atoms with Gasteiger partial charge in [-0.25, -0.2) is 9.97 Å². The summed E-state index contributed by atoms with van der Waals surface area (Å²) in [5.41, 5.74) is 1.33. The van der Waals surface area contributed by atoms with E-state index in [0.29, 0.717) is 23.8 Å². The summed E-state index contributed by atoms with van der Waals surface area (Å²) in [4.78, 5) is 22.7. The maximum Gasteiger partial charge on any atom is 0.270 e. The van der Waals surface area contributed by atoms with E-state index >= 15 is 0 Å². The van der Waals surface area contributed by atoms with E-state index in [1.807, 2.05) is 42.2 Å². The van der Waals surface area contributed by atoms with E-state index in [0.717, 1.165) is 12.2 Å². The normalized spacial score (nSPS) is 10.4. The Morgan fingerprint density at radius 2 is 2.00 bits per heavy atom. The number of benzene rings is 1. The maximum atomic E-state index is 12.3. The quantitative estimate of drug-likeness (QED) is 0.755. The number of para-hydroxylation sites is 1. The summed E-state index contributed by atoms with van der Waals surface area (Å²) in [5.74, 6) is 1.11. The number of carbonyl (C=O) groups is 1. The molecule has 0 atom stereocenters. The number of hydrogen-bond donors (Lipinski definition) is 1. The second-order valence-corrected chi connectivity index (χ2v) is 5.10. The number of furan rings is 1. The van der Waals surface area contributed by atoms with Gasteiger partial charge in [-0.15, -0.1) is 0 Å². The Kier molecular flexibility index (Phi) is 4.86. The average Bonchev–Trinajstić information content (AvgIpc) is 3.15. The summed E-state index contributed by atoms with van der Waals surface area (Å²) in [6, 6.07) is 15.2. The summed E-state index contributed by atoms with van der Waals surface area (Å²) in [6.07, 6.45) is 2.98. The van der Waals surface area contributed by atoms with Gasteiger partial charge in [0.2, 0.25) is 0 Å². The molecule has 0 aliphatic rings. The van der Waals surface area contributed by atoms with Crippen LogP contribution in [-0.4, -0.2) is 22.4 Å². The van der Waals surface area contributed by atoms with E-state index in [1.54, 1.807) is 24.5 Å². The van der Waals surface area contributed by atoms with Crippen LogP contribution in [0.5, 0.6) is 0 Å². The molecule has 0 spiro atoms. The third-order valence-electron chi connectivity index (χ3n) is 3.55. The van der Waals surface area contributed by atoms with Crippen LogP contribution >= 0.6 is 0 Å². The van der Waals surface area contributed by atoms with Crippen molar-refractivity contribution >= 4 is 17.4 Å².